The Hall–Kier alpha value is -2.27. The van der Waals surface area contributed by atoms with Gasteiger partial charge >= 0.3 is 6.09 Å². The fraction of sp³-hybridized carbons (Fsp3) is 0.526. The summed E-state index contributed by atoms with van der Waals surface area (Å²) in [6.07, 6.45) is -0.709. The zero-order valence-electron chi connectivity index (χ0n) is 17.2. The predicted molar refractivity (Wildman–Crippen MR) is 116 cm³/mol. The molecule has 30 heavy (non-hydrogen) atoms. The third-order valence-corrected chi connectivity index (χ3v) is 7.62. The Morgan fingerprint density at radius 2 is 1.97 bits per heavy atom. The molecule has 0 aliphatic carbocycles. The van der Waals surface area contributed by atoms with Crippen molar-refractivity contribution in [1.29, 1.82) is 0 Å². The first-order valence-corrected chi connectivity index (χ1v) is 12.1. The number of para-hydroxylation sites is 2. The number of benzene rings is 1. The molecule has 2 unspecified atom stereocenters. The van der Waals surface area contributed by atoms with Crippen LogP contribution in [-0.4, -0.2) is 67.6 Å². The van der Waals surface area contributed by atoms with Crippen LogP contribution in [-0.2, 0) is 19.4 Å². The van der Waals surface area contributed by atoms with Crippen molar-refractivity contribution in [3.05, 3.63) is 24.3 Å². The highest BCUT2D eigenvalue weighted by atomic mass is 32.2. The van der Waals surface area contributed by atoms with E-state index in [1.807, 2.05) is 6.07 Å². The number of nitrogens with one attached hydrogen (secondary N) is 1. The van der Waals surface area contributed by atoms with E-state index >= 15 is 0 Å². The third kappa shape index (κ3) is 5.25. The summed E-state index contributed by atoms with van der Waals surface area (Å²) >= 11 is 1.25. The number of ether oxygens (including phenoxy) is 2. The molecule has 0 spiro atoms. The minimum absolute atomic E-state index is 0.0217. The number of fused-ring (bicyclic) bond motifs is 1. The number of nitrogens with zero attached hydrogens (tertiary/aromatic N) is 2. The molecule has 9 nitrogen and oxygen atoms in total. The monoisotopic (exact) mass is 455 g/mol. The van der Waals surface area contributed by atoms with E-state index in [4.69, 9.17) is 9.47 Å². The van der Waals surface area contributed by atoms with Gasteiger partial charge in [0.2, 0.25) is 0 Å². The maximum atomic E-state index is 12.4. The molecule has 3 rings (SSSR count). The number of amidine groups is 1. The number of carbonyl (C=O) groups is 2. The molecule has 0 radical (unpaired) electrons. The van der Waals surface area contributed by atoms with Gasteiger partial charge in [0, 0.05) is 5.25 Å². The zero-order chi connectivity index (χ0) is 22.1. The Kier molecular flexibility index (Phi) is 6.32. The molecule has 11 heteroatoms. The molecule has 0 saturated carbocycles. The minimum atomic E-state index is -3.17. The molecule has 2 atom stereocenters. The Morgan fingerprint density at radius 1 is 1.27 bits per heavy atom. The maximum Gasteiger partial charge on any atom is 0.408 e. The lowest BCUT2D eigenvalue weighted by molar-refractivity contribution is -0.117. The van der Waals surface area contributed by atoms with Gasteiger partial charge in [0.15, 0.2) is 15.0 Å². The lowest BCUT2D eigenvalue weighted by atomic mass is 10.2. The van der Waals surface area contributed by atoms with Crippen LogP contribution in [0.25, 0.3) is 0 Å². The highest BCUT2D eigenvalue weighted by Crippen LogP contribution is 2.43. The summed E-state index contributed by atoms with van der Waals surface area (Å²) in [6, 6.07) is 6.83. The van der Waals surface area contributed by atoms with Gasteiger partial charge in [-0.25, -0.2) is 13.2 Å². The second-order valence-corrected chi connectivity index (χ2v) is 11.3. The molecule has 1 aromatic rings. The van der Waals surface area contributed by atoms with Crippen LogP contribution in [0, 0.1) is 0 Å². The number of anilines is 1. The molecule has 0 aromatic heterocycles. The first kappa shape index (κ1) is 22.4. The molecule has 2 fully saturated rings. The molecule has 164 valence electrons. The summed E-state index contributed by atoms with van der Waals surface area (Å²) in [5.41, 5.74) is -0.0343. The molecule has 1 N–H and O–H groups in total. The van der Waals surface area contributed by atoms with E-state index in [2.05, 4.69) is 10.3 Å². The van der Waals surface area contributed by atoms with E-state index in [-0.39, 0.29) is 29.3 Å². The van der Waals surface area contributed by atoms with Gasteiger partial charge in [-0.05, 0) is 32.9 Å². The molecule has 0 bridgehead atoms. The van der Waals surface area contributed by atoms with Crippen molar-refractivity contribution in [1.82, 2.24) is 5.32 Å². The van der Waals surface area contributed by atoms with E-state index in [1.165, 1.54) is 18.9 Å². The number of methoxy groups -OCH3 is 1. The van der Waals surface area contributed by atoms with Crippen LogP contribution in [0.4, 0.5) is 10.5 Å². The molecule has 2 heterocycles. The fourth-order valence-electron chi connectivity index (χ4n) is 3.28. The topological polar surface area (TPSA) is 114 Å². The number of carbonyl (C=O) groups excluding carboxylic acids is 2. The zero-order valence-corrected chi connectivity index (χ0v) is 18.9. The van der Waals surface area contributed by atoms with Crippen molar-refractivity contribution < 1.29 is 27.5 Å². The van der Waals surface area contributed by atoms with E-state index < -0.39 is 27.4 Å². The number of hydrogen-bond donors (Lipinski definition) is 1. The van der Waals surface area contributed by atoms with E-state index in [0.717, 1.165) is 0 Å². The van der Waals surface area contributed by atoms with Crippen molar-refractivity contribution in [3.8, 4) is 5.75 Å². The van der Waals surface area contributed by atoms with Crippen LogP contribution in [0.1, 0.15) is 20.8 Å². The van der Waals surface area contributed by atoms with Crippen LogP contribution in [0.5, 0.6) is 5.75 Å². The third-order valence-electron chi connectivity index (χ3n) is 4.41. The number of amides is 2. The molecule has 1 aromatic carbocycles. The van der Waals surface area contributed by atoms with E-state index in [9.17, 15) is 18.0 Å². The Labute approximate surface area is 180 Å². The van der Waals surface area contributed by atoms with Crippen LogP contribution < -0.4 is 15.0 Å². The number of rotatable bonds is 4. The second kappa shape index (κ2) is 8.46. The summed E-state index contributed by atoms with van der Waals surface area (Å²) < 4.78 is 34.8. The smallest absolute Gasteiger partial charge is 0.408 e. The number of aliphatic imine (C=N–C) groups is 1. The first-order valence-electron chi connectivity index (χ1n) is 9.37. The molecule has 2 aliphatic rings. The van der Waals surface area contributed by atoms with Crippen LogP contribution in [0.3, 0.4) is 0 Å². The van der Waals surface area contributed by atoms with Gasteiger partial charge in [0.1, 0.15) is 17.9 Å². The quantitative estimate of drug-likeness (QED) is 0.731. The van der Waals surface area contributed by atoms with Gasteiger partial charge in [-0.1, -0.05) is 23.9 Å². The summed E-state index contributed by atoms with van der Waals surface area (Å²) in [5, 5.41) is 2.55. The minimum Gasteiger partial charge on any atom is -0.495 e. The average molecular weight is 456 g/mol. The van der Waals surface area contributed by atoms with Gasteiger partial charge in [0.25, 0.3) is 5.91 Å². The molecule has 2 aliphatic heterocycles. The van der Waals surface area contributed by atoms with E-state index in [1.54, 1.807) is 43.9 Å². The highest BCUT2D eigenvalue weighted by molar-refractivity contribution is 8.16. The van der Waals surface area contributed by atoms with E-state index in [0.29, 0.717) is 16.6 Å². The average Bonchev–Trinajstić information content (AvgIpc) is 3.09. The molecule has 2 saturated heterocycles. The van der Waals surface area contributed by atoms with Gasteiger partial charge in [0.05, 0.1) is 30.3 Å². The van der Waals surface area contributed by atoms with Crippen molar-refractivity contribution in [2.45, 2.75) is 37.7 Å². The van der Waals surface area contributed by atoms with Crippen LogP contribution in [0.2, 0.25) is 0 Å². The summed E-state index contributed by atoms with van der Waals surface area (Å²) in [6.45, 7) is 4.84. The van der Waals surface area contributed by atoms with Gasteiger partial charge in [-0.3, -0.25) is 4.79 Å². The van der Waals surface area contributed by atoms with Crippen LogP contribution in [0.15, 0.2) is 29.3 Å². The Balaban J connectivity index is 1.82. The SMILES string of the molecule is COc1ccccc1N1C(=NC(=O)CNC(=O)OC(C)(C)C)SC2CS(=O)(=O)CC21. The standard InChI is InChI=1S/C19H25N3O6S2/c1-19(2,3)28-18(24)20-9-16(23)21-17-22(12-7-5-6-8-14(12)27-4)13-10-30(25,26)11-15(13)29-17/h5-8,13,15H,9-11H2,1-4H3,(H,20,24). The number of alkyl carbamates (subject to hydrolysis) is 1. The predicted octanol–water partition coefficient (Wildman–Crippen LogP) is 1.82. The van der Waals surface area contributed by atoms with Crippen molar-refractivity contribution in [2.24, 2.45) is 4.99 Å². The summed E-state index contributed by atoms with van der Waals surface area (Å²) in [7, 11) is -1.65. The first-order chi connectivity index (χ1) is 14.0. The second-order valence-electron chi connectivity index (χ2n) is 7.99. The largest absolute Gasteiger partial charge is 0.495 e. The summed E-state index contributed by atoms with van der Waals surface area (Å²) in [5.74, 6) is -0.00940. The molecular weight excluding hydrogens is 430 g/mol. The molecular formula is C19H25N3O6S2. The lowest BCUT2D eigenvalue weighted by Crippen LogP contribution is -2.39. The number of thioether (sulfide) groups is 1. The van der Waals surface area contributed by atoms with Gasteiger partial charge in [-0.15, -0.1) is 0 Å². The van der Waals surface area contributed by atoms with Gasteiger partial charge in [-0.2, -0.15) is 4.99 Å². The summed E-state index contributed by atoms with van der Waals surface area (Å²) in [4.78, 5) is 30.1. The Morgan fingerprint density at radius 3 is 2.63 bits per heavy atom. The highest BCUT2D eigenvalue weighted by Gasteiger charge is 2.50. The Bertz CT molecular complexity index is 971. The molecule has 2 amide bonds. The van der Waals surface area contributed by atoms with Crippen molar-refractivity contribution >= 4 is 44.5 Å². The fourth-order valence-corrected chi connectivity index (χ4v) is 7.21. The number of sulfone groups is 1. The lowest BCUT2D eigenvalue weighted by Gasteiger charge is -2.26. The van der Waals surface area contributed by atoms with Crippen molar-refractivity contribution in [3.63, 3.8) is 0 Å². The van der Waals surface area contributed by atoms with Crippen LogP contribution >= 0.6 is 11.8 Å². The maximum absolute atomic E-state index is 12.4. The van der Waals surface area contributed by atoms with Gasteiger partial charge < -0.3 is 19.7 Å². The number of hydrogen-bond acceptors (Lipinski definition) is 7. The van der Waals surface area contributed by atoms with Crippen molar-refractivity contribution in [2.75, 3.05) is 30.1 Å². The normalized spacial score (nSPS) is 23.9.